The molecule has 0 saturated carbocycles. The van der Waals surface area contributed by atoms with Crippen LogP contribution in [0.25, 0.3) is 0 Å². The van der Waals surface area contributed by atoms with Gasteiger partial charge in [0, 0.05) is 18.7 Å². The number of nitrogens with one attached hydrogen (secondary N) is 1. The first-order valence-electron chi connectivity index (χ1n) is 12.3. The number of aliphatic imine (C=N–C) groups is 1. The molecule has 9 heteroatoms. The molecule has 7 nitrogen and oxygen atoms in total. The van der Waals surface area contributed by atoms with Gasteiger partial charge in [-0.2, -0.15) is 0 Å². The fourth-order valence-electron chi connectivity index (χ4n) is 3.69. The summed E-state index contributed by atoms with van der Waals surface area (Å²) in [7, 11) is 0. The summed E-state index contributed by atoms with van der Waals surface area (Å²) in [6.45, 7) is 4.72. The van der Waals surface area contributed by atoms with Crippen molar-refractivity contribution in [1.29, 1.82) is 0 Å². The van der Waals surface area contributed by atoms with Crippen molar-refractivity contribution in [2.45, 2.75) is 57.6 Å². The van der Waals surface area contributed by atoms with Crippen molar-refractivity contribution in [3.63, 3.8) is 0 Å². The molecule has 0 spiro atoms. The monoisotopic (exact) mass is 513 g/mol. The van der Waals surface area contributed by atoms with E-state index in [2.05, 4.69) is 17.2 Å². The molecular weight excluding hydrogens is 481 g/mol. The lowest BCUT2D eigenvalue weighted by Gasteiger charge is -2.32. The van der Waals surface area contributed by atoms with Crippen molar-refractivity contribution in [2.24, 2.45) is 4.99 Å². The third kappa shape index (κ3) is 7.91. The maximum Gasteiger partial charge on any atom is 0.338 e. The van der Waals surface area contributed by atoms with Gasteiger partial charge in [-0.3, -0.25) is 14.5 Å². The molecule has 0 bridgehead atoms. The highest BCUT2D eigenvalue weighted by molar-refractivity contribution is 8.15. The summed E-state index contributed by atoms with van der Waals surface area (Å²) in [6, 6.07) is 12.1. The number of esters is 1. The predicted octanol–water partition coefficient (Wildman–Crippen LogP) is 5.93. The molecule has 3 rings (SSSR count). The summed E-state index contributed by atoms with van der Waals surface area (Å²) >= 11 is 1.23. The van der Waals surface area contributed by atoms with Crippen LogP contribution in [0.1, 0.15) is 62.7 Å². The predicted molar refractivity (Wildman–Crippen MR) is 141 cm³/mol. The summed E-state index contributed by atoms with van der Waals surface area (Å²) < 4.78 is 18.2. The number of halogens is 1. The van der Waals surface area contributed by atoms with Gasteiger partial charge in [-0.25, -0.2) is 14.2 Å². The van der Waals surface area contributed by atoms with Gasteiger partial charge in [0.05, 0.1) is 17.9 Å². The Labute approximate surface area is 215 Å². The van der Waals surface area contributed by atoms with Gasteiger partial charge in [-0.15, -0.1) is 0 Å². The van der Waals surface area contributed by atoms with Gasteiger partial charge in [0.2, 0.25) is 11.8 Å². The fraction of sp³-hybridized carbons (Fsp3) is 0.407. The van der Waals surface area contributed by atoms with Crippen molar-refractivity contribution in [3.05, 3.63) is 59.9 Å². The summed E-state index contributed by atoms with van der Waals surface area (Å²) in [4.78, 5) is 44.3. The molecule has 192 valence electrons. The number of benzene rings is 2. The number of unbranched alkanes of at least 4 members (excludes halogenated alkanes) is 4. The van der Waals surface area contributed by atoms with Gasteiger partial charge in [0.25, 0.3) is 0 Å². The number of carbonyl (C=O) groups excluding carboxylic acids is 3. The maximum absolute atomic E-state index is 13.2. The summed E-state index contributed by atoms with van der Waals surface area (Å²) in [6.07, 6.45) is 5.31. The smallest absolute Gasteiger partial charge is 0.338 e. The van der Waals surface area contributed by atoms with E-state index in [4.69, 9.17) is 4.74 Å². The topological polar surface area (TPSA) is 88.1 Å². The number of hydrogen-bond acceptors (Lipinski definition) is 6. The first kappa shape index (κ1) is 27.4. The maximum atomic E-state index is 13.2. The minimum Gasteiger partial charge on any atom is -0.462 e. The third-order valence-electron chi connectivity index (χ3n) is 5.63. The number of ether oxygens (including phenoxy) is 1. The van der Waals surface area contributed by atoms with Gasteiger partial charge < -0.3 is 10.1 Å². The van der Waals surface area contributed by atoms with Crippen LogP contribution in [-0.4, -0.2) is 46.3 Å². The molecule has 0 aliphatic carbocycles. The molecule has 1 heterocycles. The fourth-order valence-corrected chi connectivity index (χ4v) is 4.81. The van der Waals surface area contributed by atoms with E-state index < -0.39 is 17.0 Å². The number of nitrogens with zero attached hydrogens (tertiary/aromatic N) is 2. The van der Waals surface area contributed by atoms with E-state index in [0.717, 1.165) is 32.1 Å². The average molecular weight is 514 g/mol. The summed E-state index contributed by atoms with van der Waals surface area (Å²) in [5.41, 5.74) is 1.44. The largest absolute Gasteiger partial charge is 0.462 e. The normalized spacial score (nSPS) is 16.8. The van der Waals surface area contributed by atoms with Crippen molar-refractivity contribution < 1.29 is 23.5 Å². The van der Waals surface area contributed by atoms with Crippen molar-refractivity contribution in [1.82, 2.24) is 4.90 Å². The molecule has 1 fully saturated rings. The zero-order chi connectivity index (χ0) is 25.9. The molecule has 1 atom stereocenters. The first-order chi connectivity index (χ1) is 17.4. The van der Waals surface area contributed by atoms with Crippen LogP contribution in [0.15, 0.2) is 53.5 Å². The second-order valence-corrected chi connectivity index (χ2v) is 9.60. The van der Waals surface area contributed by atoms with Crippen LogP contribution in [0, 0.1) is 5.82 Å². The minimum atomic E-state index is -0.670. The molecule has 2 aromatic rings. The lowest BCUT2D eigenvalue weighted by atomic mass is 10.1. The van der Waals surface area contributed by atoms with Crippen LogP contribution in [0.4, 0.5) is 15.8 Å². The Morgan fingerprint density at radius 3 is 2.42 bits per heavy atom. The molecule has 0 radical (unpaired) electrons. The Bertz CT molecular complexity index is 1070. The lowest BCUT2D eigenvalue weighted by molar-refractivity contribution is -0.129. The minimum absolute atomic E-state index is 0.0491. The first-order valence-corrected chi connectivity index (χ1v) is 13.2. The molecule has 1 aliphatic heterocycles. The summed E-state index contributed by atoms with van der Waals surface area (Å²) in [5, 5.41) is 2.53. The van der Waals surface area contributed by atoms with E-state index in [1.54, 1.807) is 36.1 Å². The van der Waals surface area contributed by atoms with Gasteiger partial charge >= 0.3 is 5.97 Å². The number of anilines is 1. The highest BCUT2D eigenvalue weighted by Crippen LogP contribution is 2.30. The highest BCUT2D eigenvalue weighted by Gasteiger charge is 2.35. The van der Waals surface area contributed by atoms with E-state index >= 15 is 0 Å². The van der Waals surface area contributed by atoms with Gasteiger partial charge in [-0.1, -0.05) is 44.4 Å². The molecule has 2 amide bonds. The van der Waals surface area contributed by atoms with E-state index in [9.17, 15) is 18.8 Å². The molecule has 2 aromatic carbocycles. The van der Waals surface area contributed by atoms with E-state index in [-0.39, 0.29) is 24.8 Å². The second kappa shape index (κ2) is 13.8. The van der Waals surface area contributed by atoms with E-state index in [1.807, 2.05) is 0 Å². The number of thioether (sulfide) groups is 1. The molecule has 36 heavy (non-hydrogen) atoms. The average Bonchev–Trinajstić information content (AvgIpc) is 2.87. The Hall–Kier alpha value is -3.20. The SMILES string of the molecule is CCCCCCCN1C(=O)CC(C(=O)Nc2ccc(F)cc2)SC1=Nc1ccc(C(=O)OCC)cc1. The van der Waals surface area contributed by atoms with Crippen LogP contribution in [0.3, 0.4) is 0 Å². The second-order valence-electron chi connectivity index (χ2n) is 8.43. The van der Waals surface area contributed by atoms with Crippen molar-refractivity contribution >= 4 is 46.1 Å². The standard InChI is InChI=1S/C27H32FN3O4S/c1-3-5-6-7-8-17-31-24(32)18-23(25(33)29-21-15-11-20(28)12-16-21)36-27(31)30-22-13-9-19(10-14-22)26(34)35-4-2/h9-16,23H,3-8,17-18H2,1-2H3,(H,29,33). The molecule has 1 unspecified atom stereocenters. The number of rotatable bonds is 11. The number of amidine groups is 1. The Morgan fingerprint density at radius 1 is 1.06 bits per heavy atom. The van der Waals surface area contributed by atoms with Crippen LogP contribution < -0.4 is 5.32 Å². The Balaban J connectivity index is 1.77. The quantitative estimate of drug-likeness (QED) is 0.297. The van der Waals surface area contributed by atoms with Gasteiger partial charge in [0.15, 0.2) is 5.17 Å². The van der Waals surface area contributed by atoms with Gasteiger partial charge in [-0.05, 0) is 61.9 Å². The van der Waals surface area contributed by atoms with Crippen molar-refractivity contribution in [2.75, 3.05) is 18.5 Å². The molecule has 1 saturated heterocycles. The zero-order valence-electron chi connectivity index (χ0n) is 20.7. The number of hydrogen-bond donors (Lipinski definition) is 1. The molecule has 1 N–H and O–H groups in total. The van der Waals surface area contributed by atoms with Crippen LogP contribution in [0.2, 0.25) is 0 Å². The molecule has 1 aliphatic rings. The Morgan fingerprint density at radius 2 is 1.75 bits per heavy atom. The summed E-state index contributed by atoms with van der Waals surface area (Å²) in [5.74, 6) is -1.31. The third-order valence-corrected chi connectivity index (χ3v) is 6.82. The van der Waals surface area contributed by atoms with Crippen LogP contribution in [-0.2, 0) is 14.3 Å². The van der Waals surface area contributed by atoms with Crippen LogP contribution in [0.5, 0.6) is 0 Å². The van der Waals surface area contributed by atoms with E-state index in [1.165, 1.54) is 36.0 Å². The molecule has 0 aromatic heterocycles. The molecular formula is C27H32FN3O4S. The highest BCUT2D eigenvalue weighted by atomic mass is 32.2. The number of carbonyl (C=O) groups is 3. The van der Waals surface area contributed by atoms with E-state index in [0.29, 0.717) is 28.7 Å². The van der Waals surface area contributed by atoms with Crippen molar-refractivity contribution in [3.8, 4) is 0 Å². The lowest BCUT2D eigenvalue weighted by Crippen LogP contribution is -2.45. The number of amides is 2. The van der Waals surface area contributed by atoms with Crippen LogP contribution >= 0.6 is 11.8 Å². The van der Waals surface area contributed by atoms with Gasteiger partial charge in [0.1, 0.15) is 11.1 Å². The Kier molecular flexibility index (Phi) is 10.5. The zero-order valence-corrected chi connectivity index (χ0v) is 21.5.